The van der Waals surface area contributed by atoms with Gasteiger partial charge in [0.15, 0.2) is 0 Å². The number of anilines is 1. The van der Waals surface area contributed by atoms with E-state index in [1.165, 1.54) is 11.3 Å². The second kappa shape index (κ2) is 9.34. The highest BCUT2D eigenvalue weighted by atomic mass is 32.1. The molecule has 0 bridgehead atoms. The number of alkyl carbamates (subject to hydrolysis) is 1. The lowest BCUT2D eigenvalue weighted by atomic mass is 10.0. The van der Waals surface area contributed by atoms with Crippen LogP contribution in [0.15, 0.2) is 0 Å². The third-order valence-corrected chi connectivity index (χ3v) is 3.84. The van der Waals surface area contributed by atoms with Crippen LogP contribution in [0.4, 0.5) is 9.93 Å². The smallest absolute Gasteiger partial charge is 0.407 e. The Kier molecular flexibility index (Phi) is 7.79. The molecule has 7 nitrogen and oxygen atoms in total. The van der Waals surface area contributed by atoms with E-state index in [-0.39, 0.29) is 18.4 Å². The van der Waals surface area contributed by atoms with E-state index < -0.39 is 12.1 Å². The SMILES string of the molecule is CCCCc1nnc(NC(=O)C(NC(=O)OCC)C(C)C)s1. The van der Waals surface area contributed by atoms with Crippen LogP contribution in [0.5, 0.6) is 0 Å². The summed E-state index contributed by atoms with van der Waals surface area (Å²) in [6.07, 6.45) is 2.39. The number of unbranched alkanes of at least 4 members (excludes halogenated alkanes) is 1. The molecule has 2 amide bonds. The number of hydrogen-bond acceptors (Lipinski definition) is 6. The molecule has 0 radical (unpaired) electrons. The molecular weight excluding hydrogens is 304 g/mol. The summed E-state index contributed by atoms with van der Waals surface area (Å²) in [6.45, 7) is 7.78. The van der Waals surface area contributed by atoms with Crippen LogP contribution in [0.3, 0.4) is 0 Å². The molecule has 22 heavy (non-hydrogen) atoms. The van der Waals surface area contributed by atoms with Gasteiger partial charge in [0.25, 0.3) is 0 Å². The number of ether oxygens (including phenoxy) is 1. The van der Waals surface area contributed by atoms with Gasteiger partial charge in [0, 0.05) is 6.42 Å². The van der Waals surface area contributed by atoms with Gasteiger partial charge in [-0.1, -0.05) is 38.5 Å². The number of nitrogens with one attached hydrogen (secondary N) is 2. The van der Waals surface area contributed by atoms with Crippen LogP contribution in [0.25, 0.3) is 0 Å². The normalized spacial score (nSPS) is 12.0. The third kappa shape index (κ3) is 5.97. The van der Waals surface area contributed by atoms with Crippen molar-refractivity contribution < 1.29 is 14.3 Å². The Labute approximate surface area is 134 Å². The van der Waals surface area contributed by atoms with Crippen molar-refractivity contribution in [2.45, 2.75) is 53.0 Å². The highest BCUT2D eigenvalue weighted by molar-refractivity contribution is 7.15. The topological polar surface area (TPSA) is 93.2 Å². The van der Waals surface area contributed by atoms with Crippen molar-refractivity contribution in [1.29, 1.82) is 0 Å². The number of carbonyl (C=O) groups is 2. The largest absolute Gasteiger partial charge is 0.450 e. The monoisotopic (exact) mass is 328 g/mol. The van der Waals surface area contributed by atoms with Crippen LogP contribution in [0.1, 0.15) is 45.5 Å². The van der Waals surface area contributed by atoms with Crippen LogP contribution in [-0.2, 0) is 16.0 Å². The van der Waals surface area contributed by atoms with Crippen molar-refractivity contribution in [3.63, 3.8) is 0 Å². The maximum Gasteiger partial charge on any atom is 0.407 e. The maximum atomic E-state index is 12.3. The van der Waals surface area contributed by atoms with Gasteiger partial charge in [0.2, 0.25) is 11.0 Å². The molecule has 1 unspecified atom stereocenters. The number of hydrogen-bond donors (Lipinski definition) is 2. The molecule has 0 aliphatic carbocycles. The molecule has 0 saturated carbocycles. The summed E-state index contributed by atoms with van der Waals surface area (Å²) in [4.78, 5) is 23.8. The fraction of sp³-hybridized carbons (Fsp3) is 0.714. The van der Waals surface area contributed by atoms with E-state index >= 15 is 0 Å². The number of aromatic nitrogens is 2. The molecule has 1 aromatic rings. The molecule has 1 aromatic heterocycles. The van der Waals surface area contributed by atoms with Gasteiger partial charge in [0.1, 0.15) is 11.0 Å². The molecule has 0 aliphatic heterocycles. The van der Waals surface area contributed by atoms with Gasteiger partial charge < -0.3 is 10.1 Å². The summed E-state index contributed by atoms with van der Waals surface area (Å²) in [5.74, 6) is -0.391. The summed E-state index contributed by atoms with van der Waals surface area (Å²) in [5, 5.41) is 14.6. The first-order valence-electron chi connectivity index (χ1n) is 7.54. The second-order valence-electron chi connectivity index (χ2n) is 5.18. The van der Waals surface area contributed by atoms with Gasteiger partial charge in [-0.25, -0.2) is 4.79 Å². The van der Waals surface area contributed by atoms with Crippen molar-refractivity contribution in [3.05, 3.63) is 5.01 Å². The molecule has 0 saturated heterocycles. The summed E-state index contributed by atoms with van der Waals surface area (Å²) < 4.78 is 4.82. The Morgan fingerprint density at radius 3 is 2.59 bits per heavy atom. The minimum atomic E-state index is -0.679. The first-order valence-corrected chi connectivity index (χ1v) is 8.36. The molecule has 8 heteroatoms. The first kappa shape index (κ1) is 18.3. The van der Waals surface area contributed by atoms with Crippen molar-refractivity contribution in [3.8, 4) is 0 Å². The number of rotatable bonds is 8. The fourth-order valence-corrected chi connectivity index (χ4v) is 2.54. The van der Waals surface area contributed by atoms with E-state index in [2.05, 4.69) is 27.8 Å². The van der Waals surface area contributed by atoms with Gasteiger partial charge in [-0.3, -0.25) is 10.1 Å². The highest BCUT2D eigenvalue weighted by Crippen LogP contribution is 2.18. The van der Waals surface area contributed by atoms with Crippen LogP contribution >= 0.6 is 11.3 Å². The van der Waals surface area contributed by atoms with Gasteiger partial charge in [-0.15, -0.1) is 10.2 Å². The molecule has 1 rings (SSSR count). The maximum absolute atomic E-state index is 12.3. The summed E-state index contributed by atoms with van der Waals surface area (Å²) in [6, 6.07) is -0.679. The second-order valence-corrected chi connectivity index (χ2v) is 6.24. The molecule has 0 aromatic carbocycles. The molecule has 1 atom stereocenters. The van der Waals surface area contributed by atoms with Gasteiger partial charge in [-0.2, -0.15) is 0 Å². The van der Waals surface area contributed by atoms with Crippen molar-refractivity contribution >= 4 is 28.5 Å². The number of amides is 2. The Balaban J connectivity index is 2.62. The van der Waals surface area contributed by atoms with Crippen LogP contribution in [-0.4, -0.2) is 34.8 Å². The Morgan fingerprint density at radius 1 is 1.27 bits per heavy atom. The van der Waals surface area contributed by atoms with Gasteiger partial charge in [0.05, 0.1) is 6.61 Å². The van der Waals surface area contributed by atoms with Crippen LogP contribution < -0.4 is 10.6 Å². The summed E-state index contributed by atoms with van der Waals surface area (Å²) in [7, 11) is 0. The summed E-state index contributed by atoms with van der Waals surface area (Å²) >= 11 is 1.36. The average Bonchev–Trinajstić information content (AvgIpc) is 2.89. The zero-order chi connectivity index (χ0) is 16.5. The Hall–Kier alpha value is -1.70. The quantitative estimate of drug-likeness (QED) is 0.765. The molecule has 124 valence electrons. The summed E-state index contributed by atoms with van der Waals surface area (Å²) in [5.41, 5.74) is 0. The third-order valence-electron chi connectivity index (χ3n) is 2.94. The average molecular weight is 328 g/mol. The van der Waals surface area contributed by atoms with Gasteiger partial charge in [-0.05, 0) is 19.3 Å². The van der Waals surface area contributed by atoms with E-state index in [0.717, 1.165) is 24.3 Å². The zero-order valence-corrected chi connectivity index (χ0v) is 14.3. The molecule has 2 N–H and O–H groups in total. The van der Waals surface area contributed by atoms with Crippen LogP contribution in [0.2, 0.25) is 0 Å². The van der Waals surface area contributed by atoms with E-state index in [4.69, 9.17) is 4.74 Å². The highest BCUT2D eigenvalue weighted by Gasteiger charge is 2.25. The fourth-order valence-electron chi connectivity index (χ4n) is 1.75. The lowest BCUT2D eigenvalue weighted by Crippen LogP contribution is -2.47. The number of aryl methyl sites for hydroxylation is 1. The predicted octanol–water partition coefficient (Wildman–Crippen LogP) is 2.59. The van der Waals surface area contributed by atoms with Gasteiger partial charge >= 0.3 is 6.09 Å². The number of nitrogens with zero attached hydrogens (tertiary/aromatic N) is 2. The first-order chi connectivity index (χ1) is 10.5. The standard InChI is InChI=1S/C14H24N4O3S/c1-5-7-8-10-17-18-13(22-10)16-12(19)11(9(3)4)15-14(20)21-6-2/h9,11H,5-8H2,1-4H3,(H,15,20)(H,16,18,19). The molecular formula is C14H24N4O3S. The number of carbonyl (C=O) groups excluding carboxylic acids is 2. The van der Waals surface area contributed by atoms with E-state index in [0.29, 0.717) is 5.13 Å². The Bertz CT molecular complexity index is 490. The predicted molar refractivity (Wildman–Crippen MR) is 85.9 cm³/mol. The molecule has 0 aliphatic rings. The van der Waals surface area contributed by atoms with E-state index in [9.17, 15) is 9.59 Å². The van der Waals surface area contributed by atoms with E-state index in [1.807, 2.05) is 13.8 Å². The molecule has 0 fully saturated rings. The van der Waals surface area contributed by atoms with Crippen molar-refractivity contribution in [2.75, 3.05) is 11.9 Å². The minimum Gasteiger partial charge on any atom is -0.450 e. The minimum absolute atomic E-state index is 0.0723. The van der Waals surface area contributed by atoms with E-state index in [1.54, 1.807) is 6.92 Å². The zero-order valence-electron chi connectivity index (χ0n) is 13.5. The van der Waals surface area contributed by atoms with Crippen molar-refractivity contribution in [2.24, 2.45) is 5.92 Å². The lowest BCUT2D eigenvalue weighted by Gasteiger charge is -2.20. The van der Waals surface area contributed by atoms with Crippen molar-refractivity contribution in [1.82, 2.24) is 15.5 Å². The molecule has 1 heterocycles. The molecule has 0 spiro atoms. The van der Waals surface area contributed by atoms with Crippen LogP contribution in [0, 0.1) is 5.92 Å². The Morgan fingerprint density at radius 2 is 2.00 bits per heavy atom. The lowest BCUT2D eigenvalue weighted by molar-refractivity contribution is -0.119.